The molecule has 0 spiro atoms. The number of amides is 1. The summed E-state index contributed by atoms with van der Waals surface area (Å²) < 4.78 is 27.4. The second-order valence-electron chi connectivity index (χ2n) is 7.32. The van der Waals surface area contributed by atoms with Crippen molar-refractivity contribution < 1.29 is 28.2 Å². The molecule has 174 valence electrons. The fourth-order valence-corrected chi connectivity index (χ4v) is 3.42. The highest BCUT2D eigenvalue weighted by Crippen LogP contribution is 2.26. The van der Waals surface area contributed by atoms with Gasteiger partial charge in [0.15, 0.2) is 5.78 Å². The van der Waals surface area contributed by atoms with Crippen LogP contribution in [-0.4, -0.2) is 39.5 Å². The molecule has 0 unspecified atom stereocenters. The summed E-state index contributed by atoms with van der Waals surface area (Å²) in [5.74, 6) is -3.04. The molecular weight excluding hydrogens is 452 g/mol. The summed E-state index contributed by atoms with van der Waals surface area (Å²) >= 11 is 0. The molecular formula is C23H17F2N3O6. The second-order valence-corrected chi connectivity index (χ2v) is 7.32. The third kappa shape index (κ3) is 5.26. The van der Waals surface area contributed by atoms with Gasteiger partial charge in [-0.05, 0) is 47.9 Å². The highest BCUT2D eigenvalue weighted by molar-refractivity contribution is 6.14. The molecule has 0 radical (unpaired) electrons. The van der Waals surface area contributed by atoms with Crippen molar-refractivity contribution in [2.45, 2.75) is 6.42 Å². The van der Waals surface area contributed by atoms with E-state index in [9.17, 15) is 38.6 Å². The van der Waals surface area contributed by atoms with E-state index < -0.39 is 44.5 Å². The average Bonchev–Trinajstić information content (AvgIpc) is 2.94. The zero-order valence-electron chi connectivity index (χ0n) is 17.6. The van der Waals surface area contributed by atoms with Gasteiger partial charge in [-0.1, -0.05) is 18.7 Å². The zero-order valence-corrected chi connectivity index (χ0v) is 17.6. The van der Waals surface area contributed by atoms with E-state index >= 15 is 0 Å². The normalized spacial score (nSPS) is 16.4. The van der Waals surface area contributed by atoms with Gasteiger partial charge in [0.2, 0.25) is 17.5 Å². The lowest BCUT2D eigenvalue weighted by Crippen LogP contribution is -2.31. The van der Waals surface area contributed by atoms with Gasteiger partial charge in [0, 0.05) is 36.4 Å². The first kappa shape index (κ1) is 24.1. The minimum Gasteiger partial charge on any atom is -0.334 e. The van der Waals surface area contributed by atoms with Crippen molar-refractivity contribution in [3.63, 3.8) is 0 Å². The van der Waals surface area contributed by atoms with Gasteiger partial charge in [0.05, 0.1) is 9.85 Å². The van der Waals surface area contributed by atoms with Gasteiger partial charge in [-0.2, -0.15) is 8.78 Å². The third-order valence-corrected chi connectivity index (χ3v) is 5.10. The third-order valence-electron chi connectivity index (χ3n) is 5.10. The molecule has 0 saturated carbocycles. The Morgan fingerprint density at radius 3 is 1.91 bits per heavy atom. The van der Waals surface area contributed by atoms with E-state index in [4.69, 9.17) is 0 Å². The number of nitro benzene ring substituents is 2. The maximum absolute atomic E-state index is 13.7. The van der Waals surface area contributed by atoms with Crippen molar-refractivity contribution in [1.29, 1.82) is 0 Å². The number of nitrogens with zero attached hydrogens (tertiary/aromatic N) is 3. The minimum absolute atomic E-state index is 0.0801. The lowest BCUT2D eigenvalue weighted by Gasteiger charge is -2.18. The Morgan fingerprint density at radius 2 is 1.44 bits per heavy atom. The molecule has 11 heteroatoms. The number of carbonyl (C=O) groups is 2. The van der Waals surface area contributed by atoms with Crippen LogP contribution < -0.4 is 0 Å². The van der Waals surface area contributed by atoms with Crippen LogP contribution in [0.25, 0.3) is 12.2 Å². The van der Waals surface area contributed by atoms with Crippen molar-refractivity contribution in [1.82, 2.24) is 4.90 Å². The number of hydrogen-bond acceptors (Lipinski definition) is 6. The first-order valence-corrected chi connectivity index (χ1v) is 9.85. The number of rotatable bonds is 5. The Morgan fingerprint density at radius 1 is 0.941 bits per heavy atom. The molecule has 0 N–H and O–H groups in total. The quantitative estimate of drug-likeness (QED) is 0.367. The van der Waals surface area contributed by atoms with Crippen LogP contribution in [0.5, 0.6) is 0 Å². The van der Waals surface area contributed by atoms with E-state index in [1.165, 1.54) is 29.2 Å². The van der Waals surface area contributed by atoms with Crippen molar-refractivity contribution in [2.75, 3.05) is 13.1 Å². The molecule has 34 heavy (non-hydrogen) atoms. The molecule has 0 aromatic heterocycles. The largest absolute Gasteiger partial charge is 0.334 e. The van der Waals surface area contributed by atoms with Crippen LogP contribution in [-0.2, 0) is 9.59 Å². The topological polar surface area (TPSA) is 124 Å². The molecule has 9 nitrogen and oxygen atoms in total. The number of carbonyl (C=O) groups excluding carboxylic acids is 2. The second kappa shape index (κ2) is 9.94. The first-order valence-electron chi connectivity index (χ1n) is 9.85. The van der Waals surface area contributed by atoms with Crippen LogP contribution in [0, 0.1) is 31.9 Å². The first-order chi connectivity index (χ1) is 16.1. The highest BCUT2D eigenvalue weighted by Gasteiger charge is 2.26. The van der Waals surface area contributed by atoms with E-state index in [2.05, 4.69) is 6.58 Å². The molecule has 0 bridgehead atoms. The van der Waals surface area contributed by atoms with Crippen molar-refractivity contribution in [3.8, 4) is 0 Å². The van der Waals surface area contributed by atoms with Gasteiger partial charge in [-0.3, -0.25) is 29.8 Å². The molecule has 2 aromatic carbocycles. The van der Waals surface area contributed by atoms with Crippen LogP contribution >= 0.6 is 0 Å². The monoisotopic (exact) mass is 469 g/mol. The summed E-state index contributed by atoms with van der Waals surface area (Å²) in [6.07, 6.45) is 3.83. The van der Waals surface area contributed by atoms with Gasteiger partial charge >= 0.3 is 11.4 Å². The van der Waals surface area contributed by atoms with Crippen molar-refractivity contribution >= 4 is 35.2 Å². The zero-order chi connectivity index (χ0) is 25.0. The number of hydrogen-bond donors (Lipinski definition) is 0. The minimum atomic E-state index is -1.04. The van der Waals surface area contributed by atoms with Gasteiger partial charge in [-0.15, -0.1) is 0 Å². The van der Waals surface area contributed by atoms with E-state index in [-0.39, 0.29) is 41.8 Å². The Balaban J connectivity index is 2.08. The SMILES string of the molecule is C=CC(=O)N1CCC(=Cc2ccc(F)c([N+](=O)[O-])c2)C(=O)/C(=C/c2ccc(F)c([N+](=O)[O-])c2)C1. The molecule has 1 aliphatic rings. The smallest absolute Gasteiger partial charge is 0.305 e. The van der Waals surface area contributed by atoms with E-state index in [0.29, 0.717) is 0 Å². The Labute approximate surface area is 191 Å². The average molecular weight is 469 g/mol. The Kier molecular flexibility index (Phi) is 7.05. The molecule has 1 saturated heterocycles. The summed E-state index contributed by atoms with van der Waals surface area (Å²) in [6.45, 7) is 3.40. The van der Waals surface area contributed by atoms with E-state index in [0.717, 1.165) is 30.3 Å². The number of nitro groups is 2. The predicted molar refractivity (Wildman–Crippen MR) is 118 cm³/mol. The van der Waals surface area contributed by atoms with Crippen LogP contribution in [0.15, 0.2) is 60.2 Å². The van der Waals surface area contributed by atoms with Gasteiger partial charge in [0.25, 0.3) is 0 Å². The molecule has 3 rings (SSSR count). The summed E-state index contributed by atoms with van der Waals surface area (Å²) in [6, 6.07) is 6.28. The standard InChI is InChI=1S/C23H17F2N3O6/c1-2-22(29)26-8-7-16(9-14-3-5-18(24)20(11-14)27(31)32)23(30)17(13-26)10-15-4-6-19(25)21(12-15)28(33)34/h2-6,9-12H,1,7-8,13H2/b16-9?,17-10+. The van der Waals surface area contributed by atoms with Crippen molar-refractivity contribution in [2.24, 2.45) is 0 Å². The van der Waals surface area contributed by atoms with Crippen LogP contribution in [0.4, 0.5) is 20.2 Å². The number of likely N-dealkylation sites (tertiary alicyclic amines) is 1. The maximum Gasteiger partial charge on any atom is 0.305 e. The lowest BCUT2D eigenvalue weighted by atomic mass is 9.98. The number of ketones is 1. The summed E-state index contributed by atoms with van der Waals surface area (Å²) in [7, 11) is 0. The molecule has 1 amide bonds. The molecule has 1 fully saturated rings. The molecule has 0 aliphatic carbocycles. The molecule has 2 aromatic rings. The Bertz CT molecular complexity index is 1290. The summed E-state index contributed by atoms with van der Waals surface area (Å²) in [5.41, 5.74) is -0.894. The fraction of sp³-hybridized carbons (Fsp3) is 0.130. The van der Waals surface area contributed by atoms with Gasteiger partial charge < -0.3 is 4.90 Å². The van der Waals surface area contributed by atoms with Crippen LogP contribution in [0.1, 0.15) is 17.5 Å². The lowest BCUT2D eigenvalue weighted by molar-refractivity contribution is -0.387. The number of benzene rings is 2. The number of halogens is 2. The van der Waals surface area contributed by atoms with Crippen LogP contribution in [0.3, 0.4) is 0 Å². The number of Topliss-reactive ketones (excluding diaryl/α,β-unsaturated/α-hetero) is 1. The van der Waals surface area contributed by atoms with E-state index in [1.54, 1.807) is 0 Å². The van der Waals surface area contributed by atoms with E-state index in [1.807, 2.05) is 0 Å². The van der Waals surface area contributed by atoms with Gasteiger partial charge in [0.1, 0.15) is 0 Å². The molecule has 0 atom stereocenters. The van der Waals surface area contributed by atoms with Gasteiger partial charge in [-0.25, -0.2) is 0 Å². The van der Waals surface area contributed by atoms with Crippen molar-refractivity contribution in [3.05, 3.63) is 103 Å². The molecule has 1 aliphatic heterocycles. The highest BCUT2D eigenvalue weighted by atomic mass is 19.1. The van der Waals surface area contributed by atoms with Crippen LogP contribution in [0.2, 0.25) is 0 Å². The predicted octanol–water partition coefficient (Wildman–Crippen LogP) is 4.24. The molecule has 1 heterocycles. The Hall–Kier alpha value is -4.54. The maximum atomic E-state index is 13.7. The summed E-state index contributed by atoms with van der Waals surface area (Å²) in [4.78, 5) is 47.1. The fourth-order valence-electron chi connectivity index (χ4n) is 3.42. The summed E-state index contributed by atoms with van der Waals surface area (Å²) in [5, 5.41) is 22.1.